The minimum Gasteiger partial charge on any atom is -0.476 e. The van der Waals surface area contributed by atoms with Crippen LogP contribution < -0.4 is 10.2 Å². The number of fused-ring (bicyclic) bond motifs is 1. The van der Waals surface area contributed by atoms with Crippen molar-refractivity contribution in [2.45, 2.75) is 19.4 Å². The highest BCUT2D eigenvalue weighted by Crippen LogP contribution is 2.27. The van der Waals surface area contributed by atoms with Crippen LogP contribution in [-0.2, 0) is 22.6 Å². The number of thiazole rings is 1. The van der Waals surface area contributed by atoms with Gasteiger partial charge in [-0.05, 0) is 18.1 Å². The van der Waals surface area contributed by atoms with Crippen LogP contribution in [0.2, 0.25) is 0 Å². The lowest BCUT2D eigenvalue weighted by atomic mass is 10.0. The van der Waals surface area contributed by atoms with E-state index in [1.165, 1.54) is 21.6 Å². The van der Waals surface area contributed by atoms with Gasteiger partial charge >= 0.3 is 5.97 Å². The molecule has 124 valence electrons. The van der Waals surface area contributed by atoms with Crippen LogP contribution in [0.15, 0.2) is 29.6 Å². The van der Waals surface area contributed by atoms with E-state index in [1.54, 1.807) is 0 Å². The number of nitrogens with zero attached hydrogens (tertiary/aromatic N) is 2. The number of anilines is 1. The van der Waals surface area contributed by atoms with Crippen LogP contribution in [0.4, 0.5) is 5.69 Å². The average molecular weight is 345 g/mol. The second kappa shape index (κ2) is 6.79. The SMILES string of the molecule is O=C(CN1C(=O)CCc2ccccc21)NCc1nc(C(=O)O)cs1. The highest BCUT2D eigenvalue weighted by Gasteiger charge is 2.25. The molecule has 0 bridgehead atoms. The molecule has 1 aromatic carbocycles. The van der Waals surface area contributed by atoms with Crippen LogP contribution in [0.3, 0.4) is 0 Å². The van der Waals surface area contributed by atoms with Gasteiger partial charge in [0.1, 0.15) is 11.6 Å². The molecule has 0 aliphatic carbocycles. The van der Waals surface area contributed by atoms with Gasteiger partial charge in [0.2, 0.25) is 11.8 Å². The fraction of sp³-hybridized carbons (Fsp3) is 0.250. The minimum atomic E-state index is -1.10. The quantitative estimate of drug-likeness (QED) is 0.854. The normalized spacial score (nSPS) is 13.5. The highest BCUT2D eigenvalue weighted by molar-refractivity contribution is 7.09. The summed E-state index contributed by atoms with van der Waals surface area (Å²) in [6.45, 7) is 0.0769. The van der Waals surface area contributed by atoms with Crippen LogP contribution in [-0.4, -0.2) is 34.4 Å². The highest BCUT2D eigenvalue weighted by atomic mass is 32.1. The topological polar surface area (TPSA) is 99.6 Å². The summed E-state index contributed by atoms with van der Waals surface area (Å²) in [7, 11) is 0. The van der Waals surface area contributed by atoms with Gasteiger partial charge in [-0.25, -0.2) is 9.78 Å². The lowest BCUT2D eigenvalue weighted by molar-refractivity contribution is -0.124. The third-order valence-corrected chi connectivity index (χ3v) is 4.55. The summed E-state index contributed by atoms with van der Waals surface area (Å²) < 4.78 is 0. The van der Waals surface area contributed by atoms with Gasteiger partial charge in [-0.1, -0.05) is 18.2 Å². The molecule has 2 heterocycles. The van der Waals surface area contributed by atoms with Crippen molar-refractivity contribution in [1.29, 1.82) is 0 Å². The number of hydrogen-bond acceptors (Lipinski definition) is 5. The fourth-order valence-electron chi connectivity index (χ4n) is 2.53. The summed E-state index contributed by atoms with van der Waals surface area (Å²) in [5, 5.41) is 13.4. The molecule has 0 radical (unpaired) electrons. The fourth-order valence-corrected chi connectivity index (χ4v) is 3.24. The largest absolute Gasteiger partial charge is 0.476 e. The molecule has 0 spiro atoms. The zero-order valence-electron chi connectivity index (χ0n) is 12.7. The minimum absolute atomic E-state index is 0.0376. The van der Waals surface area contributed by atoms with E-state index < -0.39 is 5.97 Å². The molecule has 0 fully saturated rings. The van der Waals surface area contributed by atoms with Gasteiger partial charge < -0.3 is 15.3 Å². The van der Waals surface area contributed by atoms with Crippen molar-refractivity contribution in [3.63, 3.8) is 0 Å². The number of carboxylic acid groups (broad SMARTS) is 1. The van der Waals surface area contributed by atoms with Crippen molar-refractivity contribution in [3.05, 3.63) is 45.9 Å². The number of nitrogens with one attached hydrogen (secondary N) is 1. The number of carbonyl (C=O) groups is 3. The zero-order valence-corrected chi connectivity index (χ0v) is 13.5. The number of amides is 2. The molecular weight excluding hydrogens is 330 g/mol. The standard InChI is InChI=1S/C16H15N3O4S/c20-13(17-7-14-18-11(9-24-14)16(22)23)8-19-12-4-2-1-3-10(12)5-6-15(19)21/h1-4,9H,5-8H2,(H,17,20)(H,22,23). The molecule has 2 N–H and O–H groups in total. The van der Waals surface area contributed by atoms with Gasteiger partial charge in [-0.15, -0.1) is 11.3 Å². The van der Waals surface area contributed by atoms with Gasteiger partial charge in [0.05, 0.1) is 6.54 Å². The predicted molar refractivity (Wildman–Crippen MR) is 88.0 cm³/mol. The maximum Gasteiger partial charge on any atom is 0.355 e. The van der Waals surface area contributed by atoms with Gasteiger partial charge in [0.15, 0.2) is 5.69 Å². The van der Waals surface area contributed by atoms with Gasteiger partial charge in [-0.2, -0.15) is 0 Å². The molecular formula is C16H15N3O4S. The summed E-state index contributed by atoms with van der Waals surface area (Å²) in [6.07, 6.45) is 1.07. The van der Waals surface area contributed by atoms with E-state index in [-0.39, 0.29) is 30.6 Å². The molecule has 1 aliphatic heterocycles. The molecule has 8 heteroatoms. The number of carboxylic acids is 1. The first-order valence-electron chi connectivity index (χ1n) is 7.37. The van der Waals surface area contributed by atoms with E-state index in [1.807, 2.05) is 24.3 Å². The van der Waals surface area contributed by atoms with E-state index in [0.717, 1.165) is 11.3 Å². The lowest BCUT2D eigenvalue weighted by Gasteiger charge is -2.28. The first kappa shape index (κ1) is 16.1. The molecule has 2 aromatic rings. The molecule has 0 unspecified atom stereocenters. The molecule has 0 saturated heterocycles. The Balaban J connectivity index is 1.62. The summed E-state index contributed by atoms with van der Waals surface area (Å²) in [6, 6.07) is 7.54. The third-order valence-electron chi connectivity index (χ3n) is 3.70. The molecule has 7 nitrogen and oxygen atoms in total. The Morgan fingerprint density at radius 2 is 2.08 bits per heavy atom. The second-order valence-electron chi connectivity index (χ2n) is 5.32. The number of rotatable bonds is 5. The molecule has 2 amide bonds. The number of aromatic nitrogens is 1. The Hall–Kier alpha value is -2.74. The number of benzene rings is 1. The Kier molecular flexibility index (Phi) is 4.57. The van der Waals surface area contributed by atoms with Crippen molar-refractivity contribution in [2.75, 3.05) is 11.4 Å². The summed E-state index contributed by atoms with van der Waals surface area (Å²) >= 11 is 1.17. The molecule has 3 rings (SSSR count). The van der Waals surface area contributed by atoms with Gasteiger partial charge in [0.25, 0.3) is 0 Å². The number of para-hydroxylation sites is 1. The molecule has 24 heavy (non-hydrogen) atoms. The van der Waals surface area contributed by atoms with E-state index in [4.69, 9.17) is 5.11 Å². The Labute approximate surface area is 141 Å². The maximum atomic E-state index is 12.1. The Morgan fingerprint density at radius 3 is 2.83 bits per heavy atom. The van der Waals surface area contributed by atoms with Crippen molar-refractivity contribution in [3.8, 4) is 0 Å². The predicted octanol–water partition coefficient (Wildman–Crippen LogP) is 1.44. The third kappa shape index (κ3) is 3.43. The first-order valence-corrected chi connectivity index (χ1v) is 8.25. The van der Waals surface area contributed by atoms with Crippen molar-refractivity contribution in [1.82, 2.24) is 10.3 Å². The van der Waals surface area contributed by atoms with E-state index in [2.05, 4.69) is 10.3 Å². The number of carbonyl (C=O) groups excluding carboxylic acids is 2. The van der Waals surface area contributed by atoms with E-state index in [0.29, 0.717) is 17.8 Å². The van der Waals surface area contributed by atoms with Crippen LogP contribution in [0.25, 0.3) is 0 Å². The molecule has 0 atom stereocenters. The van der Waals surface area contributed by atoms with Crippen molar-refractivity contribution >= 4 is 34.8 Å². The molecule has 1 aliphatic rings. The second-order valence-corrected chi connectivity index (χ2v) is 6.26. The number of aromatic carboxylic acids is 1. The summed E-state index contributed by atoms with van der Waals surface area (Å²) in [5.74, 6) is -1.49. The molecule has 0 saturated carbocycles. The first-order chi connectivity index (χ1) is 11.5. The Bertz CT molecular complexity index is 802. The van der Waals surface area contributed by atoms with E-state index in [9.17, 15) is 14.4 Å². The van der Waals surface area contributed by atoms with Crippen molar-refractivity contribution in [2.24, 2.45) is 0 Å². The number of aryl methyl sites for hydroxylation is 1. The monoisotopic (exact) mass is 345 g/mol. The summed E-state index contributed by atoms with van der Waals surface area (Å²) in [5.41, 5.74) is 1.78. The van der Waals surface area contributed by atoms with Gasteiger partial charge in [-0.3, -0.25) is 9.59 Å². The van der Waals surface area contributed by atoms with Crippen LogP contribution in [0.5, 0.6) is 0 Å². The van der Waals surface area contributed by atoms with Crippen LogP contribution >= 0.6 is 11.3 Å². The van der Waals surface area contributed by atoms with Gasteiger partial charge in [0, 0.05) is 17.5 Å². The van der Waals surface area contributed by atoms with Crippen molar-refractivity contribution < 1.29 is 19.5 Å². The molecule has 1 aromatic heterocycles. The average Bonchev–Trinajstić information content (AvgIpc) is 3.05. The summed E-state index contributed by atoms with van der Waals surface area (Å²) in [4.78, 5) is 40.4. The van der Waals surface area contributed by atoms with Crippen LogP contribution in [0.1, 0.15) is 27.5 Å². The number of hydrogen-bond donors (Lipinski definition) is 2. The zero-order chi connectivity index (χ0) is 17.1. The van der Waals surface area contributed by atoms with Crippen LogP contribution in [0, 0.1) is 0 Å². The Morgan fingerprint density at radius 1 is 1.29 bits per heavy atom. The van der Waals surface area contributed by atoms with E-state index >= 15 is 0 Å². The smallest absolute Gasteiger partial charge is 0.355 e. The maximum absolute atomic E-state index is 12.1. The lowest BCUT2D eigenvalue weighted by Crippen LogP contribution is -2.42.